The van der Waals surface area contributed by atoms with E-state index in [0.29, 0.717) is 29.5 Å². The van der Waals surface area contributed by atoms with Gasteiger partial charge in [-0.25, -0.2) is 4.39 Å². The van der Waals surface area contributed by atoms with E-state index < -0.39 is 5.82 Å². The molecule has 0 bridgehead atoms. The third-order valence-electron chi connectivity index (χ3n) is 2.57. The number of hydrogen-bond acceptors (Lipinski definition) is 3. The third-order valence-corrected chi connectivity index (χ3v) is 2.88. The van der Waals surface area contributed by atoms with Crippen molar-refractivity contribution in [3.63, 3.8) is 0 Å². The average Bonchev–Trinajstić information content (AvgIpc) is 2.43. The highest BCUT2D eigenvalue weighted by Crippen LogP contribution is 2.31. The van der Waals surface area contributed by atoms with Gasteiger partial charge in [-0.2, -0.15) is 0 Å². The van der Waals surface area contributed by atoms with Gasteiger partial charge in [-0.3, -0.25) is 0 Å². The number of nitrogens with two attached hydrogens (primary N) is 1. The van der Waals surface area contributed by atoms with Gasteiger partial charge in [0.15, 0.2) is 0 Å². The van der Waals surface area contributed by atoms with Crippen LogP contribution in [0, 0.1) is 5.82 Å². The normalized spacial score (nSPS) is 10.3. The van der Waals surface area contributed by atoms with Crippen LogP contribution >= 0.6 is 11.6 Å². The third kappa shape index (κ3) is 3.54. The molecule has 0 radical (unpaired) electrons. The summed E-state index contributed by atoms with van der Waals surface area (Å²) in [7, 11) is 0. The van der Waals surface area contributed by atoms with E-state index in [9.17, 15) is 4.39 Å². The van der Waals surface area contributed by atoms with Crippen LogP contribution in [0.4, 0.5) is 10.1 Å². The van der Waals surface area contributed by atoms with E-state index in [1.165, 1.54) is 12.1 Å². The number of halogens is 2. The van der Waals surface area contributed by atoms with Crippen LogP contribution in [0.2, 0.25) is 5.02 Å². The number of benzene rings is 2. The highest BCUT2D eigenvalue weighted by atomic mass is 35.5. The number of hydrogen-bond donors (Lipinski definition) is 1. The Balaban J connectivity index is 2.18. The van der Waals surface area contributed by atoms with Crippen molar-refractivity contribution in [1.82, 2.24) is 0 Å². The van der Waals surface area contributed by atoms with Crippen molar-refractivity contribution in [3.05, 3.63) is 47.2 Å². The molecule has 2 N–H and O–H groups in total. The van der Waals surface area contributed by atoms with Gasteiger partial charge in [-0.05, 0) is 30.7 Å². The zero-order chi connectivity index (χ0) is 14.5. The molecule has 0 fully saturated rings. The molecule has 0 spiro atoms. The molecule has 5 heteroatoms. The predicted octanol–water partition coefficient (Wildman–Crippen LogP) is 4.64. The van der Waals surface area contributed by atoms with Crippen LogP contribution < -0.4 is 15.2 Å². The quantitative estimate of drug-likeness (QED) is 0.817. The van der Waals surface area contributed by atoms with Crippen LogP contribution in [0.15, 0.2) is 36.4 Å². The minimum absolute atomic E-state index is 0.0571. The molecule has 0 aliphatic heterocycles. The lowest BCUT2D eigenvalue weighted by atomic mass is 10.2. The molecule has 106 valence electrons. The highest BCUT2D eigenvalue weighted by Gasteiger charge is 2.06. The maximum absolute atomic E-state index is 13.3. The summed E-state index contributed by atoms with van der Waals surface area (Å²) in [6, 6.07) is 9.32. The first-order valence-electron chi connectivity index (χ1n) is 6.25. The smallest absolute Gasteiger partial charge is 0.145 e. The zero-order valence-electron chi connectivity index (χ0n) is 11.0. The minimum Gasteiger partial charge on any atom is -0.491 e. The molecule has 0 aromatic heterocycles. The second-order valence-corrected chi connectivity index (χ2v) is 4.63. The van der Waals surface area contributed by atoms with Crippen molar-refractivity contribution in [2.75, 3.05) is 12.3 Å². The number of rotatable bonds is 5. The summed E-state index contributed by atoms with van der Waals surface area (Å²) in [5, 5.41) is 0.0571. The Labute approximate surface area is 122 Å². The molecule has 2 aromatic carbocycles. The van der Waals surface area contributed by atoms with Crippen LogP contribution in [0.3, 0.4) is 0 Å². The summed E-state index contributed by atoms with van der Waals surface area (Å²) in [5.74, 6) is 0.908. The Morgan fingerprint density at radius 1 is 1.15 bits per heavy atom. The molecule has 0 aliphatic carbocycles. The fourth-order valence-corrected chi connectivity index (χ4v) is 1.71. The molecule has 0 heterocycles. The molecule has 0 amide bonds. The first kappa shape index (κ1) is 14.5. The molecule has 20 heavy (non-hydrogen) atoms. The molecule has 3 nitrogen and oxygen atoms in total. The molecule has 2 aromatic rings. The Hall–Kier alpha value is -1.94. The SMILES string of the molecule is CCCOc1cc(Oc2ccc(Cl)c(F)c2)ccc1N. The summed E-state index contributed by atoms with van der Waals surface area (Å²) in [5.41, 5.74) is 6.34. The molecular formula is C15H15ClFNO2. The molecule has 0 atom stereocenters. The Morgan fingerprint density at radius 3 is 2.55 bits per heavy atom. The van der Waals surface area contributed by atoms with Gasteiger partial charge < -0.3 is 15.2 Å². The predicted molar refractivity (Wildman–Crippen MR) is 78.1 cm³/mol. The van der Waals surface area contributed by atoms with Gasteiger partial charge in [0, 0.05) is 12.1 Å². The number of nitrogen functional groups attached to an aromatic ring is 1. The van der Waals surface area contributed by atoms with Gasteiger partial charge in [-0.1, -0.05) is 18.5 Å². The van der Waals surface area contributed by atoms with E-state index >= 15 is 0 Å². The van der Waals surface area contributed by atoms with Crippen molar-refractivity contribution < 1.29 is 13.9 Å². The van der Waals surface area contributed by atoms with E-state index in [4.69, 9.17) is 26.8 Å². The molecule has 0 saturated carbocycles. The van der Waals surface area contributed by atoms with Gasteiger partial charge in [-0.15, -0.1) is 0 Å². The van der Waals surface area contributed by atoms with Crippen molar-refractivity contribution in [3.8, 4) is 17.2 Å². The summed E-state index contributed by atoms with van der Waals surface area (Å²) in [6.07, 6.45) is 0.882. The van der Waals surface area contributed by atoms with Gasteiger partial charge in [0.25, 0.3) is 0 Å². The van der Waals surface area contributed by atoms with E-state index in [1.807, 2.05) is 6.92 Å². The summed E-state index contributed by atoms with van der Waals surface area (Å²) in [6.45, 7) is 2.58. The van der Waals surface area contributed by atoms with Gasteiger partial charge >= 0.3 is 0 Å². The first-order chi connectivity index (χ1) is 9.60. The molecule has 0 unspecified atom stereocenters. The summed E-state index contributed by atoms with van der Waals surface area (Å²) in [4.78, 5) is 0. The van der Waals surface area contributed by atoms with Gasteiger partial charge in [0.2, 0.25) is 0 Å². The topological polar surface area (TPSA) is 44.5 Å². The van der Waals surface area contributed by atoms with Gasteiger partial charge in [0.05, 0.1) is 17.3 Å². The second-order valence-electron chi connectivity index (χ2n) is 4.23. The highest BCUT2D eigenvalue weighted by molar-refractivity contribution is 6.30. The van der Waals surface area contributed by atoms with E-state index in [2.05, 4.69) is 0 Å². The van der Waals surface area contributed by atoms with Crippen LogP contribution in [0.1, 0.15) is 13.3 Å². The lowest BCUT2D eigenvalue weighted by molar-refractivity contribution is 0.317. The first-order valence-corrected chi connectivity index (χ1v) is 6.63. The summed E-state index contributed by atoms with van der Waals surface area (Å²) < 4.78 is 24.4. The zero-order valence-corrected chi connectivity index (χ0v) is 11.8. The fourth-order valence-electron chi connectivity index (χ4n) is 1.59. The Bertz CT molecular complexity index is 604. The van der Waals surface area contributed by atoms with Crippen molar-refractivity contribution in [2.24, 2.45) is 0 Å². The van der Waals surface area contributed by atoms with Crippen molar-refractivity contribution in [2.45, 2.75) is 13.3 Å². The van der Waals surface area contributed by atoms with E-state index in [1.54, 1.807) is 24.3 Å². The monoisotopic (exact) mass is 295 g/mol. The maximum Gasteiger partial charge on any atom is 0.145 e. The fraction of sp³-hybridized carbons (Fsp3) is 0.200. The van der Waals surface area contributed by atoms with Crippen molar-refractivity contribution >= 4 is 17.3 Å². The maximum atomic E-state index is 13.3. The van der Waals surface area contributed by atoms with Crippen LogP contribution in [-0.4, -0.2) is 6.61 Å². The Morgan fingerprint density at radius 2 is 1.85 bits per heavy atom. The lowest BCUT2D eigenvalue weighted by Gasteiger charge is -2.11. The largest absolute Gasteiger partial charge is 0.491 e. The Kier molecular flexibility index (Phi) is 4.69. The standard InChI is InChI=1S/C15H15ClFNO2/c1-2-7-19-15-9-11(4-6-14(15)18)20-10-3-5-12(16)13(17)8-10/h3-6,8-9H,2,7,18H2,1H3. The van der Waals surface area contributed by atoms with E-state index in [-0.39, 0.29) is 5.02 Å². The molecule has 2 rings (SSSR count). The van der Waals surface area contributed by atoms with Gasteiger partial charge in [0.1, 0.15) is 23.1 Å². The number of ether oxygens (including phenoxy) is 2. The summed E-state index contributed by atoms with van der Waals surface area (Å²) >= 11 is 5.62. The van der Waals surface area contributed by atoms with Crippen LogP contribution in [0.25, 0.3) is 0 Å². The van der Waals surface area contributed by atoms with Crippen LogP contribution in [-0.2, 0) is 0 Å². The lowest BCUT2D eigenvalue weighted by Crippen LogP contribution is -1.99. The molecular weight excluding hydrogens is 281 g/mol. The van der Waals surface area contributed by atoms with Crippen molar-refractivity contribution in [1.29, 1.82) is 0 Å². The second kappa shape index (κ2) is 6.48. The van der Waals surface area contributed by atoms with E-state index in [0.717, 1.165) is 6.42 Å². The molecule has 0 aliphatic rings. The minimum atomic E-state index is -0.526. The average molecular weight is 296 g/mol. The van der Waals surface area contributed by atoms with Crippen LogP contribution in [0.5, 0.6) is 17.2 Å². The molecule has 0 saturated heterocycles. The number of anilines is 1.